The summed E-state index contributed by atoms with van der Waals surface area (Å²) in [6.07, 6.45) is 2.73. The number of aromatic nitrogens is 1. The Balaban J connectivity index is 1.67. The summed E-state index contributed by atoms with van der Waals surface area (Å²) in [5.41, 5.74) is 7.35. The largest absolute Gasteiger partial charge is 0.317 e. The van der Waals surface area contributed by atoms with Crippen LogP contribution in [-0.4, -0.2) is 20.6 Å². The summed E-state index contributed by atoms with van der Waals surface area (Å²) < 4.78 is 15.4. The van der Waals surface area contributed by atoms with Crippen molar-refractivity contribution < 1.29 is 14.0 Å². The van der Waals surface area contributed by atoms with E-state index >= 15 is 0 Å². The van der Waals surface area contributed by atoms with Crippen molar-refractivity contribution in [2.45, 2.75) is 40.7 Å². The molecule has 0 aliphatic carbocycles. The van der Waals surface area contributed by atoms with Gasteiger partial charge < -0.3 is 4.57 Å². The highest BCUT2D eigenvalue weighted by molar-refractivity contribution is 8.18. The number of aryl methyl sites for hydroxylation is 3. The molecule has 0 atom stereocenters. The minimum absolute atomic E-state index is 0.129. The standard InChI is InChI=1S/C26H25FN2O2S/c1-5-20-8-6-7-16(2)24(20)29-17(3)13-21(18(29)4)14-23-25(30)28(26(31)32-23)15-19-9-11-22(27)12-10-19/h6-14H,5,15H2,1-4H3/b23-14-. The molecule has 2 heterocycles. The number of para-hydroxylation sites is 1. The Kier molecular flexibility index (Phi) is 6.07. The van der Waals surface area contributed by atoms with Crippen LogP contribution in [0, 0.1) is 26.6 Å². The van der Waals surface area contributed by atoms with Crippen LogP contribution in [0.3, 0.4) is 0 Å². The van der Waals surface area contributed by atoms with E-state index in [9.17, 15) is 14.0 Å². The number of amides is 2. The van der Waals surface area contributed by atoms with Crippen LogP contribution in [0.5, 0.6) is 0 Å². The molecule has 0 N–H and O–H groups in total. The summed E-state index contributed by atoms with van der Waals surface area (Å²) in [5, 5.41) is -0.313. The molecular weight excluding hydrogens is 423 g/mol. The van der Waals surface area contributed by atoms with Crippen molar-refractivity contribution in [1.82, 2.24) is 9.47 Å². The number of hydrogen-bond donors (Lipinski definition) is 0. The molecule has 6 heteroatoms. The van der Waals surface area contributed by atoms with Crippen molar-refractivity contribution in [2.24, 2.45) is 0 Å². The first-order valence-electron chi connectivity index (χ1n) is 10.6. The van der Waals surface area contributed by atoms with E-state index in [0.717, 1.165) is 35.1 Å². The minimum Gasteiger partial charge on any atom is -0.317 e. The van der Waals surface area contributed by atoms with E-state index in [-0.39, 0.29) is 23.5 Å². The van der Waals surface area contributed by atoms with Crippen molar-refractivity contribution >= 4 is 29.0 Å². The number of imide groups is 1. The van der Waals surface area contributed by atoms with Crippen LogP contribution in [0.4, 0.5) is 9.18 Å². The van der Waals surface area contributed by atoms with Gasteiger partial charge in [0, 0.05) is 11.4 Å². The van der Waals surface area contributed by atoms with Gasteiger partial charge in [-0.25, -0.2) is 4.39 Å². The van der Waals surface area contributed by atoms with E-state index in [4.69, 9.17) is 0 Å². The number of carbonyl (C=O) groups excluding carboxylic acids is 2. The van der Waals surface area contributed by atoms with Gasteiger partial charge in [-0.2, -0.15) is 0 Å². The van der Waals surface area contributed by atoms with Crippen LogP contribution in [0.1, 0.15) is 40.6 Å². The predicted octanol–water partition coefficient (Wildman–Crippen LogP) is 6.34. The van der Waals surface area contributed by atoms with E-state index in [1.807, 2.05) is 6.92 Å². The first-order valence-corrected chi connectivity index (χ1v) is 11.4. The number of hydrogen-bond acceptors (Lipinski definition) is 3. The van der Waals surface area contributed by atoms with E-state index in [2.05, 4.69) is 49.6 Å². The number of rotatable bonds is 5. The normalized spacial score (nSPS) is 15.3. The van der Waals surface area contributed by atoms with E-state index in [1.165, 1.54) is 33.8 Å². The third-order valence-corrected chi connectivity index (χ3v) is 6.72. The molecule has 164 valence electrons. The molecule has 4 nitrogen and oxygen atoms in total. The van der Waals surface area contributed by atoms with Crippen LogP contribution < -0.4 is 0 Å². The second-order valence-electron chi connectivity index (χ2n) is 7.99. The molecule has 2 amide bonds. The number of thioether (sulfide) groups is 1. The lowest BCUT2D eigenvalue weighted by molar-refractivity contribution is -0.123. The lowest BCUT2D eigenvalue weighted by Gasteiger charge is -2.17. The molecule has 0 radical (unpaired) electrons. The maximum absolute atomic E-state index is 13.2. The highest BCUT2D eigenvalue weighted by atomic mass is 32.2. The van der Waals surface area contributed by atoms with Gasteiger partial charge in [0.05, 0.1) is 17.1 Å². The summed E-state index contributed by atoms with van der Waals surface area (Å²) >= 11 is 0.945. The molecule has 1 fully saturated rings. The Morgan fingerprint density at radius 3 is 2.44 bits per heavy atom. The molecular formula is C26H25FN2O2S. The van der Waals surface area contributed by atoms with Crippen LogP contribution >= 0.6 is 11.8 Å². The lowest BCUT2D eigenvalue weighted by Crippen LogP contribution is -2.27. The van der Waals surface area contributed by atoms with Crippen LogP contribution in [-0.2, 0) is 17.8 Å². The smallest absolute Gasteiger partial charge is 0.293 e. The zero-order chi connectivity index (χ0) is 23.0. The van der Waals surface area contributed by atoms with E-state index in [0.29, 0.717) is 10.5 Å². The number of benzene rings is 2. The van der Waals surface area contributed by atoms with Gasteiger partial charge >= 0.3 is 0 Å². The molecule has 1 aliphatic heterocycles. The second-order valence-corrected chi connectivity index (χ2v) is 8.99. The van der Waals surface area contributed by atoms with E-state index in [1.54, 1.807) is 18.2 Å². The summed E-state index contributed by atoms with van der Waals surface area (Å²) in [4.78, 5) is 27.1. The third-order valence-electron chi connectivity index (χ3n) is 5.81. The SMILES string of the molecule is CCc1cccc(C)c1-n1c(C)cc(/C=C2\SC(=O)N(Cc3ccc(F)cc3)C2=O)c1C. The number of halogens is 1. The summed E-state index contributed by atoms with van der Waals surface area (Å²) in [6, 6.07) is 14.2. The van der Waals surface area contributed by atoms with Gasteiger partial charge in [-0.15, -0.1) is 0 Å². The maximum atomic E-state index is 13.2. The fraction of sp³-hybridized carbons (Fsp3) is 0.231. The zero-order valence-corrected chi connectivity index (χ0v) is 19.4. The number of carbonyl (C=O) groups is 2. The zero-order valence-electron chi connectivity index (χ0n) is 18.6. The average molecular weight is 449 g/mol. The van der Waals surface area contributed by atoms with Gasteiger partial charge in [-0.1, -0.05) is 37.3 Å². The van der Waals surface area contributed by atoms with Crippen molar-refractivity contribution in [3.63, 3.8) is 0 Å². The second kappa shape index (κ2) is 8.79. The molecule has 4 rings (SSSR count). The Labute approximate surface area is 191 Å². The topological polar surface area (TPSA) is 42.3 Å². The highest BCUT2D eigenvalue weighted by Crippen LogP contribution is 2.35. The molecule has 1 saturated heterocycles. The lowest BCUT2D eigenvalue weighted by atomic mass is 10.1. The third kappa shape index (κ3) is 4.02. The van der Waals surface area contributed by atoms with E-state index < -0.39 is 0 Å². The molecule has 32 heavy (non-hydrogen) atoms. The average Bonchev–Trinajstić information content (AvgIpc) is 3.19. The fourth-order valence-electron chi connectivity index (χ4n) is 4.15. The maximum Gasteiger partial charge on any atom is 0.293 e. The van der Waals surface area contributed by atoms with Crippen LogP contribution in [0.2, 0.25) is 0 Å². The molecule has 0 spiro atoms. The molecule has 0 unspecified atom stereocenters. The Morgan fingerprint density at radius 2 is 1.75 bits per heavy atom. The van der Waals surface area contributed by atoms with Crippen LogP contribution in [0.25, 0.3) is 11.8 Å². The highest BCUT2D eigenvalue weighted by Gasteiger charge is 2.35. The Bertz CT molecular complexity index is 1240. The van der Waals surface area contributed by atoms with Crippen molar-refractivity contribution in [2.75, 3.05) is 0 Å². The molecule has 3 aromatic rings. The van der Waals surface area contributed by atoms with Gasteiger partial charge in [0.1, 0.15) is 5.82 Å². The van der Waals surface area contributed by atoms with Crippen molar-refractivity contribution in [3.05, 3.63) is 92.9 Å². The van der Waals surface area contributed by atoms with Gasteiger partial charge in [0.2, 0.25) is 0 Å². The van der Waals surface area contributed by atoms with Gasteiger partial charge in [0.25, 0.3) is 11.1 Å². The monoisotopic (exact) mass is 448 g/mol. The quantitative estimate of drug-likeness (QED) is 0.428. The number of nitrogens with zero attached hydrogens (tertiary/aromatic N) is 2. The Hall–Kier alpha value is -3.12. The summed E-state index contributed by atoms with van der Waals surface area (Å²) in [5.74, 6) is -0.669. The van der Waals surface area contributed by atoms with Gasteiger partial charge in [-0.05, 0) is 85.5 Å². The minimum atomic E-state index is -0.349. The molecule has 0 bridgehead atoms. The van der Waals surface area contributed by atoms with Crippen LogP contribution in [0.15, 0.2) is 53.4 Å². The first kappa shape index (κ1) is 22.1. The first-order chi connectivity index (χ1) is 15.3. The van der Waals surface area contributed by atoms with Gasteiger partial charge in [0.15, 0.2) is 0 Å². The molecule has 0 saturated carbocycles. The Morgan fingerprint density at radius 1 is 1.03 bits per heavy atom. The summed E-state index contributed by atoms with van der Waals surface area (Å²) in [6.45, 7) is 8.46. The summed E-state index contributed by atoms with van der Waals surface area (Å²) in [7, 11) is 0. The van der Waals surface area contributed by atoms with Gasteiger partial charge in [-0.3, -0.25) is 14.5 Å². The molecule has 1 aliphatic rings. The fourth-order valence-corrected chi connectivity index (χ4v) is 4.98. The molecule has 1 aromatic heterocycles. The predicted molar refractivity (Wildman–Crippen MR) is 127 cm³/mol. The van der Waals surface area contributed by atoms with Crippen molar-refractivity contribution in [3.8, 4) is 5.69 Å². The molecule has 2 aromatic carbocycles. The van der Waals surface area contributed by atoms with Crippen molar-refractivity contribution in [1.29, 1.82) is 0 Å².